The van der Waals surface area contributed by atoms with Gasteiger partial charge in [-0.1, -0.05) is 6.07 Å². The van der Waals surface area contributed by atoms with Gasteiger partial charge in [0.1, 0.15) is 5.82 Å². The minimum Gasteiger partial charge on any atom is -0.427 e. The van der Waals surface area contributed by atoms with E-state index in [4.69, 9.17) is 9.47 Å². The maximum atomic E-state index is 13.1. The van der Waals surface area contributed by atoms with E-state index >= 15 is 0 Å². The van der Waals surface area contributed by atoms with Crippen LogP contribution in [0.5, 0.6) is 5.88 Å². The molecule has 0 aliphatic carbocycles. The standard InChI is InChI=1S/C23H17F9N4O8/c24-20(25,26)17(37)41-16-23(43-18(38)21(27,28)29,44-19(39)22(30,31)32)42-15-12(10-34-16)1-3-13(35-15)11-2-4-14(33-9-11)36-5-7-40-8-6-36/h1-4,9,16,34H,5-8,10H2. The van der Waals surface area contributed by atoms with Crippen molar-refractivity contribution >= 4 is 23.7 Å². The Morgan fingerprint density at radius 1 is 0.864 bits per heavy atom. The number of alkyl halides is 9. The van der Waals surface area contributed by atoms with E-state index in [-0.39, 0.29) is 16.8 Å². The Morgan fingerprint density at radius 2 is 1.45 bits per heavy atom. The summed E-state index contributed by atoms with van der Waals surface area (Å²) < 4.78 is 140. The number of rotatable bonds is 5. The maximum Gasteiger partial charge on any atom is 0.491 e. The van der Waals surface area contributed by atoms with Gasteiger partial charge in [-0.25, -0.2) is 24.4 Å². The second-order valence-corrected chi connectivity index (χ2v) is 8.81. The molecule has 1 saturated heterocycles. The van der Waals surface area contributed by atoms with Gasteiger partial charge in [0, 0.05) is 37.0 Å². The number of hydrogen-bond acceptors (Lipinski definition) is 12. The highest BCUT2D eigenvalue weighted by molar-refractivity contribution is 5.79. The summed E-state index contributed by atoms with van der Waals surface area (Å²) in [6.45, 7) is 1.11. The predicted octanol–water partition coefficient (Wildman–Crippen LogP) is 2.76. The molecule has 1 unspecified atom stereocenters. The smallest absolute Gasteiger partial charge is 0.427 e. The first-order chi connectivity index (χ1) is 20.4. The van der Waals surface area contributed by atoms with Crippen LogP contribution in [0.25, 0.3) is 11.3 Å². The average molecular weight is 648 g/mol. The Morgan fingerprint density at radius 3 is 1.98 bits per heavy atom. The van der Waals surface area contributed by atoms with Gasteiger partial charge in [-0.15, -0.1) is 0 Å². The molecule has 2 aliphatic heterocycles. The summed E-state index contributed by atoms with van der Waals surface area (Å²) in [5.74, 6) is -14.9. The molecule has 0 saturated carbocycles. The summed E-state index contributed by atoms with van der Waals surface area (Å²) in [6, 6.07) is 5.43. The van der Waals surface area contributed by atoms with E-state index in [0.29, 0.717) is 32.1 Å². The zero-order chi connectivity index (χ0) is 32.5. The molecule has 2 aromatic heterocycles. The van der Waals surface area contributed by atoms with E-state index in [9.17, 15) is 53.9 Å². The van der Waals surface area contributed by atoms with Crippen LogP contribution in [0, 0.1) is 0 Å². The molecule has 0 bridgehead atoms. The third-order valence-corrected chi connectivity index (χ3v) is 5.74. The van der Waals surface area contributed by atoms with E-state index < -0.39 is 61.1 Å². The molecule has 2 aliphatic rings. The molecule has 0 aromatic carbocycles. The highest BCUT2D eigenvalue weighted by Gasteiger charge is 2.62. The zero-order valence-electron chi connectivity index (χ0n) is 21.5. The van der Waals surface area contributed by atoms with Crippen LogP contribution >= 0.6 is 0 Å². The van der Waals surface area contributed by atoms with Gasteiger partial charge in [-0.3, -0.25) is 5.32 Å². The number of pyridine rings is 2. The van der Waals surface area contributed by atoms with Crippen molar-refractivity contribution in [1.82, 2.24) is 15.3 Å². The number of morpholine rings is 1. The second kappa shape index (κ2) is 11.9. The van der Waals surface area contributed by atoms with Gasteiger partial charge in [0.05, 0.1) is 18.9 Å². The molecule has 1 atom stereocenters. The van der Waals surface area contributed by atoms with Crippen LogP contribution in [0.3, 0.4) is 0 Å². The van der Waals surface area contributed by atoms with E-state index in [0.717, 1.165) is 6.07 Å². The lowest BCUT2D eigenvalue weighted by Gasteiger charge is -2.35. The quantitative estimate of drug-likeness (QED) is 0.290. The minimum absolute atomic E-state index is 0.103. The third kappa shape index (κ3) is 7.38. The zero-order valence-corrected chi connectivity index (χ0v) is 21.5. The lowest BCUT2D eigenvalue weighted by Crippen LogP contribution is -2.63. The molecule has 0 radical (unpaired) electrons. The largest absolute Gasteiger partial charge is 0.491 e. The number of ether oxygens (including phenoxy) is 5. The van der Waals surface area contributed by atoms with Crippen molar-refractivity contribution in [2.45, 2.75) is 37.3 Å². The number of hydrogen-bond donors (Lipinski definition) is 1. The molecule has 2 aromatic rings. The van der Waals surface area contributed by atoms with E-state index in [2.05, 4.69) is 24.2 Å². The molecule has 1 fully saturated rings. The molecule has 0 amide bonds. The van der Waals surface area contributed by atoms with Crippen molar-refractivity contribution in [3.8, 4) is 17.1 Å². The van der Waals surface area contributed by atoms with Crippen LogP contribution in [0.2, 0.25) is 0 Å². The highest BCUT2D eigenvalue weighted by atomic mass is 19.4. The van der Waals surface area contributed by atoms with Gasteiger partial charge in [0.2, 0.25) is 5.88 Å². The fourth-order valence-corrected chi connectivity index (χ4v) is 3.72. The molecular formula is C23H17F9N4O8. The van der Waals surface area contributed by atoms with Crippen LogP contribution in [-0.4, -0.2) is 84.9 Å². The number of nitrogens with one attached hydrogen (secondary N) is 1. The average Bonchev–Trinajstić information content (AvgIpc) is 3.08. The number of anilines is 1. The van der Waals surface area contributed by atoms with Gasteiger partial charge in [0.15, 0.2) is 0 Å². The monoisotopic (exact) mass is 648 g/mol. The lowest BCUT2D eigenvalue weighted by atomic mass is 10.1. The molecular weight excluding hydrogens is 631 g/mol. The highest BCUT2D eigenvalue weighted by Crippen LogP contribution is 2.36. The number of nitrogens with zero attached hydrogens (tertiary/aromatic N) is 3. The van der Waals surface area contributed by atoms with Gasteiger partial charge >= 0.3 is 42.4 Å². The number of carbonyl (C=O) groups excluding carboxylic acids is 3. The van der Waals surface area contributed by atoms with E-state index in [1.165, 1.54) is 18.3 Å². The topological polar surface area (TPSA) is 138 Å². The molecule has 0 spiro atoms. The molecule has 21 heteroatoms. The number of aromatic nitrogens is 2. The van der Waals surface area contributed by atoms with Crippen LogP contribution in [0.15, 0.2) is 30.5 Å². The number of esters is 3. The first kappa shape index (κ1) is 32.5. The molecule has 12 nitrogen and oxygen atoms in total. The summed E-state index contributed by atoms with van der Waals surface area (Å²) in [7, 11) is 0. The van der Waals surface area contributed by atoms with E-state index in [1.54, 1.807) is 6.07 Å². The second-order valence-electron chi connectivity index (χ2n) is 8.81. The molecule has 1 N–H and O–H groups in total. The predicted molar refractivity (Wildman–Crippen MR) is 121 cm³/mol. The lowest BCUT2D eigenvalue weighted by molar-refractivity contribution is -0.370. The van der Waals surface area contributed by atoms with E-state index in [1.807, 2.05) is 10.2 Å². The normalized spacial score (nSPS) is 18.8. The molecule has 4 heterocycles. The van der Waals surface area contributed by atoms with Crippen molar-refractivity contribution in [2.24, 2.45) is 0 Å². The first-order valence-electron chi connectivity index (χ1n) is 12.0. The van der Waals surface area contributed by atoms with Crippen LogP contribution < -0.4 is 15.0 Å². The Bertz CT molecular complexity index is 1370. The van der Waals surface area contributed by atoms with Crippen molar-refractivity contribution in [3.05, 3.63) is 36.0 Å². The van der Waals surface area contributed by atoms with Crippen LogP contribution in [-0.2, 0) is 39.9 Å². The fourth-order valence-electron chi connectivity index (χ4n) is 3.72. The van der Waals surface area contributed by atoms with Crippen LogP contribution in [0.1, 0.15) is 5.56 Å². The molecule has 240 valence electrons. The number of fused-ring (bicyclic) bond motifs is 1. The Labute approximate surface area is 239 Å². The third-order valence-electron chi connectivity index (χ3n) is 5.74. The Kier molecular flexibility index (Phi) is 8.82. The summed E-state index contributed by atoms with van der Waals surface area (Å²) in [5.41, 5.74) is -0.183. The molecule has 4 rings (SSSR count). The molecule has 44 heavy (non-hydrogen) atoms. The minimum atomic E-state index is -6.03. The maximum absolute atomic E-state index is 13.1. The van der Waals surface area contributed by atoms with Gasteiger partial charge < -0.3 is 28.6 Å². The summed E-state index contributed by atoms with van der Waals surface area (Å²) in [5, 5.41) is 1.82. The summed E-state index contributed by atoms with van der Waals surface area (Å²) >= 11 is 0. The Hall–Kier alpha value is -4.40. The van der Waals surface area contributed by atoms with Crippen molar-refractivity contribution in [3.63, 3.8) is 0 Å². The van der Waals surface area contributed by atoms with Gasteiger partial charge in [0.25, 0.3) is 6.23 Å². The van der Waals surface area contributed by atoms with Crippen LogP contribution in [0.4, 0.5) is 45.3 Å². The van der Waals surface area contributed by atoms with Crippen molar-refractivity contribution in [1.29, 1.82) is 0 Å². The first-order valence-corrected chi connectivity index (χ1v) is 12.0. The van der Waals surface area contributed by atoms with Crippen molar-refractivity contribution in [2.75, 3.05) is 31.2 Å². The van der Waals surface area contributed by atoms with Crippen molar-refractivity contribution < 1.29 is 77.6 Å². The number of carbonyl (C=O) groups is 3. The Balaban J connectivity index is 1.77. The summed E-state index contributed by atoms with van der Waals surface area (Å²) in [4.78, 5) is 45.1. The SMILES string of the molecule is O=C(OC1NCc2ccc(-c3ccc(N4CCOCC4)nc3)nc2OC1(OC(=O)C(F)(F)F)OC(=O)C(F)(F)F)C(F)(F)F. The van der Waals surface area contributed by atoms with Gasteiger partial charge in [-0.05, 0) is 18.2 Å². The van der Waals surface area contributed by atoms with Gasteiger partial charge in [-0.2, -0.15) is 39.5 Å². The number of halogens is 9. The fraction of sp³-hybridized carbons (Fsp3) is 0.435. The summed E-state index contributed by atoms with van der Waals surface area (Å²) in [6.07, 6.45) is -19.9.